The molecule has 1 aromatic carbocycles. The van der Waals surface area contributed by atoms with Gasteiger partial charge in [-0.2, -0.15) is 0 Å². The van der Waals surface area contributed by atoms with Crippen molar-refractivity contribution in [3.05, 3.63) is 29.1 Å². The van der Waals surface area contributed by atoms with Gasteiger partial charge in [-0.05, 0) is 37.5 Å². The molecule has 27 heavy (non-hydrogen) atoms. The van der Waals surface area contributed by atoms with Crippen molar-refractivity contribution in [3.63, 3.8) is 0 Å². The van der Waals surface area contributed by atoms with Gasteiger partial charge in [0.15, 0.2) is 5.13 Å². The van der Waals surface area contributed by atoms with E-state index in [1.807, 2.05) is 50.1 Å². The predicted molar refractivity (Wildman–Crippen MR) is 111 cm³/mol. The summed E-state index contributed by atoms with van der Waals surface area (Å²) < 4.78 is 0. The Morgan fingerprint density at radius 1 is 1.33 bits per heavy atom. The standard InChI is InChI=1S/C21H27N3O2S/c1-6-7-18(25)24-13(2)10-15-11-14(8-9-17(15)24)16-12-27-20(22-16)23-19(26)21(3,4)5/h8-9,11-13H,6-7,10H2,1-5H3,(H,22,23,26)/t13-/m1/s1. The molecule has 2 heterocycles. The number of carbonyl (C=O) groups excluding carboxylic acids is 2. The van der Waals surface area contributed by atoms with E-state index in [9.17, 15) is 9.59 Å². The van der Waals surface area contributed by atoms with Gasteiger partial charge in [0, 0.05) is 34.5 Å². The number of thiazole rings is 1. The molecule has 1 aliphatic heterocycles. The fraction of sp³-hybridized carbons (Fsp3) is 0.476. The van der Waals surface area contributed by atoms with Crippen LogP contribution in [-0.2, 0) is 16.0 Å². The Hall–Kier alpha value is -2.21. The van der Waals surface area contributed by atoms with Crippen molar-refractivity contribution in [1.29, 1.82) is 0 Å². The van der Waals surface area contributed by atoms with Crippen LogP contribution in [0.5, 0.6) is 0 Å². The molecule has 2 aromatic rings. The maximum absolute atomic E-state index is 12.4. The van der Waals surface area contributed by atoms with Crippen molar-refractivity contribution < 1.29 is 9.59 Å². The number of benzene rings is 1. The SMILES string of the molecule is CCCC(=O)N1c2ccc(-c3csc(NC(=O)C(C)(C)C)n3)cc2C[C@H]1C. The first kappa shape index (κ1) is 19.5. The van der Waals surface area contributed by atoms with Gasteiger partial charge in [-0.1, -0.05) is 33.8 Å². The minimum atomic E-state index is -0.454. The second-order valence-corrected chi connectivity index (χ2v) is 9.01. The third-order valence-corrected chi connectivity index (χ3v) is 5.49. The first-order valence-corrected chi connectivity index (χ1v) is 10.3. The van der Waals surface area contributed by atoms with Crippen molar-refractivity contribution in [2.24, 2.45) is 5.41 Å². The van der Waals surface area contributed by atoms with E-state index in [0.717, 1.165) is 29.8 Å². The molecule has 144 valence electrons. The second kappa shape index (κ2) is 7.43. The summed E-state index contributed by atoms with van der Waals surface area (Å²) in [4.78, 5) is 31.1. The van der Waals surface area contributed by atoms with Crippen LogP contribution in [0, 0.1) is 5.41 Å². The van der Waals surface area contributed by atoms with Crippen LogP contribution in [0.3, 0.4) is 0 Å². The average Bonchev–Trinajstić information content (AvgIpc) is 3.16. The third-order valence-electron chi connectivity index (χ3n) is 4.73. The van der Waals surface area contributed by atoms with E-state index in [1.54, 1.807) is 0 Å². The number of carbonyl (C=O) groups is 2. The molecule has 0 unspecified atom stereocenters. The molecule has 0 saturated carbocycles. The summed E-state index contributed by atoms with van der Waals surface area (Å²) in [7, 11) is 0. The molecular weight excluding hydrogens is 358 g/mol. The van der Waals surface area contributed by atoms with Gasteiger partial charge in [0.05, 0.1) is 5.69 Å². The summed E-state index contributed by atoms with van der Waals surface area (Å²) in [6.07, 6.45) is 2.29. The van der Waals surface area contributed by atoms with Crippen LogP contribution < -0.4 is 10.2 Å². The Morgan fingerprint density at radius 3 is 2.74 bits per heavy atom. The summed E-state index contributed by atoms with van der Waals surface area (Å²) in [5, 5.41) is 5.45. The van der Waals surface area contributed by atoms with Crippen LogP contribution >= 0.6 is 11.3 Å². The van der Waals surface area contributed by atoms with Crippen LogP contribution in [0.2, 0.25) is 0 Å². The first-order chi connectivity index (χ1) is 12.7. The molecule has 0 bridgehead atoms. The van der Waals surface area contributed by atoms with Gasteiger partial charge in [0.1, 0.15) is 0 Å². The number of nitrogens with zero attached hydrogens (tertiary/aromatic N) is 2. The van der Waals surface area contributed by atoms with Gasteiger partial charge in [-0.25, -0.2) is 4.98 Å². The molecule has 6 heteroatoms. The number of hydrogen-bond donors (Lipinski definition) is 1. The number of fused-ring (bicyclic) bond motifs is 1. The van der Waals surface area contributed by atoms with Crippen molar-refractivity contribution in [1.82, 2.24) is 4.98 Å². The van der Waals surface area contributed by atoms with Gasteiger partial charge in [-0.15, -0.1) is 11.3 Å². The Bertz CT molecular complexity index is 867. The van der Waals surface area contributed by atoms with Gasteiger partial charge in [0.25, 0.3) is 0 Å². The molecule has 0 radical (unpaired) electrons. The van der Waals surface area contributed by atoms with Gasteiger partial charge >= 0.3 is 0 Å². The topological polar surface area (TPSA) is 62.3 Å². The number of nitrogens with one attached hydrogen (secondary N) is 1. The van der Waals surface area contributed by atoms with E-state index in [4.69, 9.17) is 0 Å². The molecule has 0 saturated heterocycles. The summed E-state index contributed by atoms with van der Waals surface area (Å²) in [6, 6.07) is 6.34. The van der Waals surface area contributed by atoms with Crippen molar-refractivity contribution in [2.45, 2.75) is 59.9 Å². The summed E-state index contributed by atoms with van der Waals surface area (Å²) in [6.45, 7) is 9.76. The third kappa shape index (κ3) is 4.05. The maximum atomic E-state index is 12.4. The zero-order chi connectivity index (χ0) is 19.8. The lowest BCUT2D eigenvalue weighted by Crippen LogP contribution is -2.35. The number of aromatic nitrogens is 1. The van der Waals surface area contributed by atoms with E-state index >= 15 is 0 Å². The average molecular weight is 386 g/mol. The molecule has 1 aromatic heterocycles. The highest BCUT2D eigenvalue weighted by Gasteiger charge is 2.30. The first-order valence-electron chi connectivity index (χ1n) is 9.43. The van der Waals surface area contributed by atoms with Crippen molar-refractivity contribution in [3.8, 4) is 11.3 Å². The highest BCUT2D eigenvalue weighted by molar-refractivity contribution is 7.14. The lowest BCUT2D eigenvalue weighted by atomic mass is 9.96. The van der Waals surface area contributed by atoms with Crippen molar-refractivity contribution >= 4 is 34.0 Å². The molecule has 1 aliphatic rings. The molecule has 5 nitrogen and oxygen atoms in total. The molecule has 0 spiro atoms. The molecule has 0 fully saturated rings. The summed E-state index contributed by atoms with van der Waals surface area (Å²) in [5.41, 5.74) is 3.60. The number of anilines is 2. The highest BCUT2D eigenvalue weighted by atomic mass is 32.1. The van der Waals surface area contributed by atoms with Gasteiger partial charge in [-0.3, -0.25) is 9.59 Å². The van der Waals surface area contributed by atoms with E-state index < -0.39 is 5.41 Å². The summed E-state index contributed by atoms with van der Waals surface area (Å²) >= 11 is 1.43. The number of hydrogen-bond acceptors (Lipinski definition) is 4. The predicted octanol–water partition coefficient (Wildman–Crippen LogP) is 4.87. The normalized spacial score (nSPS) is 16.3. The highest BCUT2D eigenvalue weighted by Crippen LogP contribution is 2.36. The number of amides is 2. The quantitative estimate of drug-likeness (QED) is 0.816. The molecule has 3 rings (SSSR count). The Morgan fingerprint density at radius 2 is 2.07 bits per heavy atom. The van der Waals surface area contributed by atoms with Gasteiger partial charge < -0.3 is 10.2 Å². The Balaban J connectivity index is 1.82. The van der Waals surface area contributed by atoms with E-state index in [-0.39, 0.29) is 17.9 Å². The summed E-state index contributed by atoms with van der Waals surface area (Å²) in [5.74, 6) is 0.147. The Labute approximate surface area is 164 Å². The lowest BCUT2D eigenvalue weighted by Gasteiger charge is -2.22. The zero-order valence-electron chi connectivity index (χ0n) is 16.6. The van der Waals surface area contributed by atoms with Crippen LogP contribution in [0.1, 0.15) is 53.0 Å². The van der Waals surface area contributed by atoms with E-state index in [1.165, 1.54) is 16.9 Å². The van der Waals surface area contributed by atoms with Crippen LogP contribution in [0.25, 0.3) is 11.3 Å². The maximum Gasteiger partial charge on any atom is 0.231 e. The van der Waals surface area contributed by atoms with Crippen LogP contribution in [-0.4, -0.2) is 22.8 Å². The minimum Gasteiger partial charge on any atom is -0.309 e. The number of rotatable bonds is 4. The van der Waals surface area contributed by atoms with Crippen LogP contribution in [0.15, 0.2) is 23.6 Å². The zero-order valence-corrected chi connectivity index (χ0v) is 17.4. The molecule has 2 amide bonds. The fourth-order valence-corrected chi connectivity index (χ4v) is 3.97. The molecule has 0 aliphatic carbocycles. The fourth-order valence-electron chi connectivity index (χ4n) is 3.25. The Kier molecular flexibility index (Phi) is 5.38. The second-order valence-electron chi connectivity index (χ2n) is 8.15. The minimum absolute atomic E-state index is 0.0451. The van der Waals surface area contributed by atoms with E-state index in [0.29, 0.717) is 11.6 Å². The van der Waals surface area contributed by atoms with E-state index in [2.05, 4.69) is 23.3 Å². The molecular formula is C21H27N3O2S. The monoisotopic (exact) mass is 385 g/mol. The smallest absolute Gasteiger partial charge is 0.231 e. The van der Waals surface area contributed by atoms with Crippen molar-refractivity contribution in [2.75, 3.05) is 10.2 Å². The molecule has 1 N–H and O–H groups in total. The lowest BCUT2D eigenvalue weighted by molar-refractivity contribution is -0.123. The van der Waals surface area contributed by atoms with Crippen LogP contribution in [0.4, 0.5) is 10.8 Å². The molecule has 1 atom stereocenters. The van der Waals surface area contributed by atoms with Gasteiger partial charge in [0.2, 0.25) is 11.8 Å². The largest absolute Gasteiger partial charge is 0.309 e.